The topological polar surface area (TPSA) is 252 Å². The molecule has 0 aliphatic carbocycles. The first-order chi connectivity index (χ1) is 42.2. The smallest absolute Gasteiger partial charge is 0.261 e. The zero-order chi connectivity index (χ0) is 64.5. The number of methoxy groups -OCH3 is 1. The number of rotatable bonds is 28. The van der Waals surface area contributed by atoms with Gasteiger partial charge in [-0.3, -0.25) is 29.3 Å². The second-order valence-corrected chi connectivity index (χ2v) is 26.8. The highest BCUT2D eigenvalue weighted by Gasteiger charge is 2.65. The monoisotopic (exact) mass is 1290 g/mol. The van der Waals surface area contributed by atoms with E-state index in [4.69, 9.17) is 46.9 Å². The van der Waals surface area contributed by atoms with Crippen LogP contribution in [0.15, 0.2) is 84.4 Å². The van der Waals surface area contributed by atoms with Crippen molar-refractivity contribution in [3.05, 3.63) is 134 Å². The summed E-state index contributed by atoms with van der Waals surface area (Å²) < 4.78 is 60.4. The van der Waals surface area contributed by atoms with Crippen molar-refractivity contribution in [3.8, 4) is 22.3 Å². The number of aliphatic hydroxyl groups is 1. The van der Waals surface area contributed by atoms with Crippen LogP contribution in [-0.2, 0) is 50.1 Å². The molecule has 24 heteroatoms. The van der Waals surface area contributed by atoms with Crippen molar-refractivity contribution in [1.29, 1.82) is 5.26 Å². The highest BCUT2D eigenvalue weighted by molar-refractivity contribution is 7.13. The number of ketones is 1. The molecular weight excluding hydrogens is 1210 g/mol. The number of hydrogen-bond acceptors (Lipinski definition) is 16. The van der Waals surface area contributed by atoms with Crippen molar-refractivity contribution >= 4 is 69.6 Å². The van der Waals surface area contributed by atoms with Gasteiger partial charge in [0.25, 0.3) is 5.91 Å². The molecule has 0 saturated carbocycles. The van der Waals surface area contributed by atoms with Gasteiger partial charge in [0.1, 0.15) is 35.4 Å². The van der Waals surface area contributed by atoms with Crippen LogP contribution < -0.4 is 31.3 Å². The first kappa shape index (κ1) is 68.4. The molecule has 0 unspecified atom stereocenters. The van der Waals surface area contributed by atoms with Gasteiger partial charge in [-0.2, -0.15) is 5.26 Å². The van der Waals surface area contributed by atoms with Gasteiger partial charge in [-0.1, -0.05) is 107 Å². The zero-order valence-corrected chi connectivity index (χ0v) is 53.6. The molecule has 19 nitrogen and oxygen atoms in total. The average Bonchev–Trinajstić information content (AvgIpc) is 1.62. The third-order valence-corrected chi connectivity index (χ3v) is 17.7. The number of carbonyl (C=O) groups excluding carboxylic acids is 5. The summed E-state index contributed by atoms with van der Waals surface area (Å²) in [6.45, 7) is 14.7. The minimum absolute atomic E-state index is 0.00235. The quantitative estimate of drug-likeness (QED) is 0.0202. The Morgan fingerprint density at radius 2 is 1.60 bits per heavy atom. The molecule has 0 spiro atoms. The number of Topliss-reactive ketones (excluding diaryl/α,β-unsaturated/α-hetero) is 1. The molecule has 6 N–H and O–H groups in total. The summed E-state index contributed by atoms with van der Waals surface area (Å²) in [5, 5.41) is 37.4. The number of nitrogens with one attached hydrogen (secondary N) is 5. The van der Waals surface area contributed by atoms with Crippen molar-refractivity contribution in [2.45, 2.75) is 121 Å². The number of thiazole rings is 1. The van der Waals surface area contributed by atoms with Crippen LogP contribution >= 0.6 is 34.5 Å². The van der Waals surface area contributed by atoms with Gasteiger partial charge < -0.3 is 55.0 Å². The van der Waals surface area contributed by atoms with E-state index in [1.807, 2.05) is 52.0 Å². The number of fused-ring (bicyclic) bond motifs is 2. The molecule has 478 valence electrons. The molecule has 8 rings (SSSR count). The van der Waals surface area contributed by atoms with E-state index in [1.54, 1.807) is 43.7 Å². The standard InChI is InChI=1S/C65H78Cl2F2N8O11S/c1-39-56(89-38-72-39)41-16-14-40(15-17-41)32-71-60(82)65-34-63(83,36-73-65)37-77(65)59(81)57(62(5,6)7)76-52(79)33-88-28-27-87-26-25-86-24-23-85-22-10-13-49(78)42-18-21-48(50(29-42)84-8)74-58(80)55-53(44-11-9-12-46(67)54(44)69)64(35-70,51(75-55)31-61(2,3)4)45-20-19-43(66)30-47(45)68/h9,11-12,14-21,29-30,38,51,53,55,57,73,75,83H,10,13,22-28,31-34,36-37H2,1-8H3,(H,71,82)(H,74,80)(H,76,79)/t51-,53-,55+,57+,63+,64-,65-/m0/s1. The normalized spacial score (nSPS) is 21.8. The predicted octanol–water partition coefficient (Wildman–Crippen LogP) is 8.81. The number of halogens is 4. The summed E-state index contributed by atoms with van der Waals surface area (Å²) in [5.41, 5.74) is -0.847. The number of anilines is 1. The number of hydrogen-bond donors (Lipinski definition) is 6. The average molecular weight is 1290 g/mol. The number of carbonyl (C=O) groups is 5. The van der Waals surface area contributed by atoms with Gasteiger partial charge in [-0.25, -0.2) is 13.8 Å². The maximum absolute atomic E-state index is 16.2. The highest BCUT2D eigenvalue weighted by Crippen LogP contribution is 2.53. The van der Waals surface area contributed by atoms with Gasteiger partial charge in [0, 0.05) is 60.6 Å². The van der Waals surface area contributed by atoms with Crippen LogP contribution in [-0.4, -0.2) is 147 Å². The molecule has 7 atom stereocenters. The minimum atomic E-state index is -1.83. The Hall–Kier alpha value is -6.49. The van der Waals surface area contributed by atoms with Crippen LogP contribution in [0.1, 0.15) is 106 Å². The largest absolute Gasteiger partial charge is 0.495 e. The van der Waals surface area contributed by atoms with Crippen LogP contribution in [0.4, 0.5) is 14.5 Å². The summed E-state index contributed by atoms with van der Waals surface area (Å²) >= 11 is 14.0. The molecule has 5 aromatic rings. The molecule has 89 heavy (non-hydrogen) atoms. The number of aryl methyl sites for hydroxylation is 1. The van der Waals surface area contributed by atoms with Gasteiger partial charge in [-0.05, 0) is 83.7 Å². The van der Waals surface area contributed by atoms with E-state index in [0.29, 0.717) is 12.0 Å². The fraction of sp³-hybridized carbons (Fsp3) is 0.492. The molecule has 4 heterocycles. The van der Waals surface area contributed by atoms with E-state index in [2.05, 4.69) is 37.6 Å². The first-order valence-electron chi connectivity index (χ1n) is 29.5. The molecule has 0 radical (unpaired) electrons. The second kappa shape index (κ2) is 29.2. The van der Waals surface area contributed by atoms with Crippen molar-refractivity contribution in [1.82, 2.24) is 31.2 Å². The number of nitrogens with zero attached hydrogens (tertiary/aromatic N) is 3. The molecule has 4 amide bonds. The fourth-order valence-corrected chi connectivity index (χ4v) is 13.1. The summed E-state index contributed by atoms with van der Waals surface area (Å²) in [6, 6.07) is 19.7. The van der Waals surface area contributed by atoms with Crippen molar-refractivity contribution in [2.24, 2.45) is 10.8 Å². The Balaban J connectivity index is 0.731. The van der Waals surface area contributed by atoms with Crippen LogP contribution in [0.5, 0.6) is 5.75 Å². The Labute approximate surface area is 531 Å². The lowest BCUT2D eigenvalue weighted by Crippen LogP contribution is -2.70. The van der Waals surface area contributed by atoms with E-state index < -0.39 is 86.8 Å². The molecule has 2 bridgehead atoms. The Bertz CT molecular complexity index is 3410. The van der Waals surface area contributed by atoms with E-state index in [0.717, 1.165) is 27.8 Å². The number of benzene rings is 4. The molecule has 3 saturated heterocycles. The summed E-state index contributed by atoms with van der Waals surface area (Å²) in [7, 11) is 1.38. The van der Waals surface area contributed by atoms with Gasteiger partial charge >= 0.3 is 0 Å². The third-order valence-electron chi connectivity index (χ3n) is 16.2. The summed E-state index contributed by atoms with van der Waals surface area (Å²) in [6.07, 6.45) is 0.825. The lowest BCUT2D eigenvalue weighted by Gasteiger charge is -2.42. The van der Waals surface area contributed by atoms with Crippen LogP contribution in [0.25, 0.3) is 10.4 Å². The zero-order valence-electron chi connectivity index (χ0n) is 51.3. The number of ether oxygens (including phenoxy) is 5. The summed E-state index contributed by atoms with van der Waals surface area (Å²) in [4.78, 5) is 76.2. The Morgan fingerprint density at radius 1 is 0.910 bits per heavy atom. The van der Waals surface area contributed by atoms with Gasteiger partial charge in [0.2, 0.25) is 17.7 Å². The molecule has 4 aromatic carbocycles. The minimum Gasteiger partial charge on any atom is -0.495 e. The molecule has 3 fully saturated rings. The molecule has 3 aliphatic heterocycles. The lowest BCUT2D eigenvalue weighted by molar-refractivity contribution is -0.153. The highest BCUT2D eigenvalue weighted by atomic mass is 35.5. The molecule has 3 aliphatic rings. The van der Waals surface area contributed by atoms with E-state index >= 15 is 8.78 Å². The third kappa shape index (κ3) is 16.0. The molecular formula is C65H78Cl2F2N8O11S. The maximum Gasteiger partial charge on any atom is 0.261 e. The van der Waals surface area contributed by atoms with E-state index in [9.17, 15) is 34.3 Å². The van der Waals surface area contributed by atoms with Crippen molar-refractivity contribution in [2.75, 3.05) is 78.4 Å². The number of nitriles is 1. The summed E-state index contributed by atoms with van der Waals surface area (Å²) in [5.74, 6) is -5.13. The van der Waals surface area contributed by atoms with Crippen molar-refractivity contribution < 1.29 is 61.5 Å². The van der Waals surface area contributed by atoms with Crippen LogP contribution in [0.3, 0.4) is 0 Å². The Kier molecular flexibility index (Phi) is 22.4. The van der Waals surface area contributed by atoms with Gasteiger partial charge in [0.15, 0.2) is 11.4 Å². The number of β-amino-alcohol motifs (C(OH)–C–C–N with tert-alkyl or cyclic N) is 1. The van der Waals surface area contributed by atoms with Crippen LogP contribution in [0, 0.1) is 40.7 Å². The van der Waals surface area contributed by atoms with Crippen LogP contribution in [0.2, 0.25) is 10.0 Å². The maximum atomic E-state index is 16.2. The predicted molar refractivity (Wildman–Crippen MR) is 334 cm³/mol. The lowest BCUT2D eigenvalue weighted by atomic mass is 9.62. The number of aromatic nitrogens is 1. The number of likely N-dealkylation sites (tertiary alicyclic amines) is 1. The Morgan fingerprint density at radius 3 is 2.21 bits per heavy atom. The first-order valence-corrected chi connectivity index (χ1v) is 31.1. The fourth-order valence-electron chi connectivity index (χ4n) is 11.9. The van der Waals surface area contributed by atoms with Gasteiger partial charge in [-0.15, -0.1) is 11.3 Å². The van der Waals surface area contributed by atoms with Gasteiger partial charge in [0.05, 0.1) is 97.8 Å². The number of amides is 4. The van der Waals surface area contributed by atoms with E-state index in [-0.39, 0.29) is 130 Å². The molecule has 1 aromatic heterocycles. The second-order valence-electron chi connectivity index (χ2n) is 25.1. The van der Waals surface area contributed by atoms with Crippen molar-refractivity contribution in [3.63, 3.8) is 0 Å². The van der Waals surface area contributed by atoms with E-state index in [1.165, 1.54) is 54.5 Å². The SMILES string of the molecule is COc1cc(C(=O)CCCOCCOCCOCCOCC(=O)N[C@H](C(=O)N2C[C@]3(O)CN[C@@]2(C(=O)NCc2ccc(-c4scnc4C)cc2)C3)C(C)(C)C)ccc1NC(=O)[C@@H]1N[C@@H](CC(C)(C)C)[C@](C#N)(c2ccc(Cl)cc2F)[C@H]1c1cccc(Cl)c1F.